The van der Waals surface area contributed by atoms with E-state index in [9.17, 15) is 14.7 Å². The summed E-state index contributed by atoms with van der Waals surface area (Å²) in [5, 5.41) is 13.8. The number of nitrogens with zero attached hydrogens (tertiary/aromatic N) is 2. The number of aliphatic hydroxyl groups is 1. The van der Waals surface area contributed by atoms with Gasteiger partial charge >= 0.3 is 0 Å². The van der Waals surface area contributed by atoms with Gasteiger partial charge in [0.2, 0.25) is 11.8 Å². The van der Waals surface area contributed by atoms with Crippen molar-refractivity contribution in [3.63, 3.8) is 0 Å². The smallest absolute Gasteiger partial charge is 0.249 e. The fourth-order valence-electron chi connectivity index (χ4n) is 3.33. The van der Waals surface area contributed by atoms with Crippen molar-refractivity contribution in [2.45, 2.75) is 31.5 Å². The Morgan fingerprint density at radius 3 is 2.71 bits per heavy atom. The summed E-state index contributed by atoms with van der Waals surface area (Å²) in [6.07, 6.45) is 2.68. The van der Waals surface area contributed by atoms with Gasteiger partial charge in [-0.3, -0.25) is 14.6 Å². The van der Waals surface area contributed by atoms with Gasteiger partial charge in [0.1, 0.15) is 12.7 Å². The molecule has 0 bridgehead atoms. The number of carbonyl (C=O) groups excluding carboxylic acids is 2. The molecule has 0 spiro atoms. The standard InChI is InChI=1S/C21H23N3O4/c25-19-13-28-12-18(24(19)11-17-3-1-2-10-22-17)20(26)14-6-8-16(9-7-14)23-21(27)15-4-5-15/h1-3,6-10,15,18,20,26H,4-5,11-13H2,(H,23,27). The van der Waals surface area contributed by atoms with E-state index >= 15 is 0 Å². The summed E-state index contributed by atoms with van der Waals surface area (Å²) in [6, 6.07) is 12.1. The fourth-order valence-corrected chi connectivity index (χ4v) is 3.33. The van der Waals surface area contributed by atoms with E-state index in [1.54, 1.807) is 35.4 Å². The largest absolute Gasteiger partial charge is 0.386 e. The third-order valence-corrected chi connectivity index (χ3v) is 5.13. The maximum Gasteiger partial charge on any atom is 0.249 e. The van der Waals surface area contributed by atoms with Gasteiger partial charge in [-0.25, -0.2) is 0 Å². The third-order valence-electron chi connectivity index (χ3n) is 5.13. The summed E-state index contributed by atoms with van der Waals surface area (Å²) in [5.41, 5.74) is 2.13. The second-order valence-electron chi connectivity index (χ2n) is 7.26. The first-order valence-electron chi connectivity index (χ1n) is 9.48. The molecule has 1 aromatic heterocycles. The van der Waals surface area contributed by atoms with Crippen molar-refractivity contribution in [1.29, 1.82) is 0 Å². The number of hydrogen-bond donors (Lipinski definition) is 2. The number of ether oxygens (including phenoxy) is 1. The SMILES string of the molecule is O=C(Nc1ccc(C(O)C2COCC(=O)N2Cc2ccccn2)cc1)C1CC1. The number of rotatable bonds is 6. The minimum atomic E-state index is -0.902. The molecular weight excluding hydrogens is 358 g/mol. The lowest BCUT2D eigenvalue weighted by Gasteiger charge is -2.38. The fraction of sp³-hybridized carbons (Fsp3) is 0.381. The van der Waals surface area contributed by atoms with Crippen LogP contribution >= 0.6 is 0 Å². The lowest BCUT2D eigenvalue weighted by Crippen LogP contribution is -2.51. The monoisotopic (exact) mass is 381 g/mol. The predicted octanol–water partition coefficient (Wildman–Crippen LogP) is 1.89. The van der Waals surface area contributed by atoms with Gasteiger partial charge in [-0.2, -0.15) is 0 Å². The Hall–Kier alpha value is -2.77. The van der Waals surface area contributed by atoms with E-state index in [1.807, 2.05) is 18.2 Å². The Labute approximate surface area is 163 Å². The highest BCUT2D eigenvalue weighted by atomic mass is 16.5. The molecule has 2 aromatic rings. The molecule has 7 nitrogen and oxygen atoms in total. The predicted molar refractivity (Wildman–Crippen MR) is 102 cm³/mol. The van der Waals surface area contributed by atoms with Gasteiger partial charge in [-0.05, 0) is 42.7 Å². The van der Waals surface area contributed by atoms with Crippen LogP contribution < -0.4 is 5.32 Å². The lowest BCUT2D eigenvalue weighted by atomic mass is 9.99. The number of aromatic nitrogens is 1. The number of carbonyl (C=O) groups is 2. The maximum absolute atomic E-state index is 12.4. The van der Waals surface area contributed by atoms with Crippen molar-refractivity contribution in [1.82, 2.24) is 9.88 Å². The van der Waals surface area contributed by atoms with E-state index in [2.05, 4.69) is 10.3 Å². The van der Waals surface area contributed by atoms with Crippen LogP contribution in [0.25, 0.3) is 0 Å². The highest BCUT2D eigenvalue weighted by molar-refractivity contribution is 5.94. The minimum absolute atomic E-state index is 0.00217. The number of morpholine rings is 1. The summed E-state index contributed by atoms with van der Waals surface area (Å²) < 4.78 is 5.39. The first-order chi connectivity index (χ1) is 13.6. The Morgan fingerprint density at radius 1 is 1.25 bits per heavy atom. The molecule has 146 valence electrons. The minimum Gasteiger partial charge on any atom is -0.386 e. The molecule has 1 aromatic carbocycles. The molecule has 2 atom stereocenters. The zero-order valence-corrected chi connectivity index (χ0v) is 15.5. The van der Waals surface area contributed by atoms with Gasteiger partial charge in [-0.1, -0.05) is 18.2 Å². The number of amides is 2. The van der Waals surface area contributed by atoms with Crippen LogP contribution in [-0.2, 0) is 20.9 Å². The summed E-state index contributed by atoms with van der Waals surface area (Å²) in [4.78, 5) is 30.2. The molecule has 2 heterocycles. The number of anilines is 1. The van der Waals surface area contributed by atoms with E-state index in [4.69, 9.17) is 4.74 Å². The number of benzene rings is 1. The zero-order chi connectivity index (χ0) is 19.5. The molecule has 1 saturated carbocycles. The van der Waals surface area contributed by atoms with E-state index in [0.29, 0.717) is 17.8 Å². The van der Waals surface area contributed by atoms with Crippen molar-refractivity contribution in [2.75, 3.05) is 18.5 Å². The summed E-state index contributed by atoms with van der Waals surface area (Å²) in [5.74, 6) is 0.00574. The van der Waals surface area contributed by atoms with E-state index in [-0.39, 0.29) is 30.9 Å². The number of nitrogens with one attached hydrogen (secondary N) is 1. The van der Waals surface area contributed by atoms with Crippen LogP contribution in [0.4, 0.5) is 5.69 Å². The second kappa shape index (κ2) is 8.08. The zero-order valence-electron chi connectivity index (χ0n) is 15.5. The molecule has 2 aliphatic rings. The van der Waals surface area contributed by atoms with Gasteiger partial charge in [0.15, 0.2) is 0 Å². The van der Waals surface area contributed by atoms with Gasteiger partial charge in [0, 0.05) is 17.8 Å². The average Bonchev–Trinajstić information content (AvgIpc) is 3.56. The van der Waals surface area contributed by atoms with Gasteiger partial charge < -0.3 is 20.1 Å². The number of pyridine rings is 1. The van der Waals surface area contributed by atoms with Crippen molar-refractivity contribution in [2.24, 2.45) is 5.92 Å². The van der Waals surface area contributed by atoms with Crippen LogP contribution in [0.2, 0.25) is 0 Å². The number of hydrogen-bond acceptors (Lipinski definition) is 5. The molecule has 4 rings (SSSR count). The summed E-state index contributed by atoms with van der Waals surface area (Å²) >= 11 is 0. The molecule has 0 radical (unpaired) electrons. The molecule has 28 heavy (non-hydrogen) atoms. The van der Waals surface area contributed by atoms with E-state index in [0.717, 1.165) is 18.5 Å². The molecule has 2 unspecified atom stereocenters. The van der Waals surface area contributed by atoms with Crippen LogP contribution in [0, 0.1) is 5.92 Å². The molecule has 1 aliphatic carbocycles. The quantitative estimate of drug-likeness (QED) is 0.797. The molecule has 2 fully saturated rings. The summed E-state index contributed by atoms with van der Waals surface area (Å²) in [7, 11) is 0. The van der Waals surface area contributed by atoms with Crippen molar-refractivity contribution in [3.05, 3.63) is 59.9 Å². The second-order valence-corrected chi connectivity index (χ2v) is 7.26. The Kier molecular flexibility index (Phi) is 5.36. The van der Waals surface area contributed by atoms with Crippen LogP contribution in [0.5, 0.6) is 0 Å². The first kappa shape index (κ1) is 18.6. The van der Waals surface area contributed by atoms with Crippen LogP contribution in [0.1, 0.15) is 30.2 Å². The topological polar surface area (TPSA) is 91.8 Å². The number of aliphatic hydroxyl groups excluding tert-OH is 1. The molecule has 2 N–H and O–H groups in total. The highest BCUT2D eigenvalue weighted by Crippen LogP contribution is 2.31. The molecule has 2 amide bonds. The Balaban J connectivity index is 1.47. The van der Waals surface area contributed by atoms with Gasteiger partial charge in [0.25, 0.3) is 0 Å². The first-order valence-corrected chi connectivity index (χ1v) is 9.48. The average molecular weight is 381 g/mol. The Bertz CT molecular complexity index is 836. The van der Waals surface area contributed by atoms with Crippen LogP contribution in [0.3, 0.4) is 0 Å². The van der Waals surface area contributed by atoms with E-state index < -0.39 is 12.1 Å². The highest BCUT2D eigenvalue weighted by Gasteiger charge is 2.35. The van der Waals surface area contributed by atoms with Gasteiger partial charge in [-0.15, -0.1) is 0 Å². The van der Waals surface area contributed by atoms with Crippen molar-refractivity contribution in [3.8, 4) is 0 Å². The van der Waals surface area contributed by atoms with Crippen molar-refractivity contribution >= 4 is 17.5 Å². The van der Waals surface area contributed by atoms with E-state index in [1.165, 1.54) is 0 Å². The van der Waals surface area contributed by atoms with Crippen molar-refractivity contribution < 1.29 is 19.4 Å². The summed E-state index contributed by atoms with van der Waals surface area (Å²) in [6.45, 7) is 0.572. The Morgan fingerprint density at radius 2 is 2.04 bits per heavy atom. The molecular formula is C21H23N3O4. The molecule has 1 aliphatic heterocycles. The molecule has 7 heteroatoms. The van der Waals surface area contributed by atoms with Crippen LogP contribution in [-0.4, -0.2) is 46.1 Å². The normalized spacial score (nSPS) is 20.7. The molecule has 1 saturated heterocycles. The van der Waals surface area contributed by atoms with Crippen LogP contribution in [0.15, 0.2) is 48.7 Å². The third kappa shape index (κ3) is 4.21. The lowest BCUT2D eigenvalue weighted by molar-refractivity contribution is -0.155. The maximum atomic E-state index is 12.4. The van der Waals surface area contributed by atoms with Gasteiger partial charge in [0.05, 0.1) is 24.9 Å².